The molecule has 19 heavy (non-hydrogen) atoms. The molecule has 1 aliphatic carbocycles. The zero-order valence-electron chi connectivity index (χ0n) is 11.3. The Morgan fingerprint density at radius 3 is 2.32 bits per heavy atom. The molecule has 5 heteroatoms. The second-order valence-corrected chi connectivity index (χ2v) is 5.26. The average molecular weight is 264 g/mol. The van der Waals surface area contributed by atoms with Crippen LogP contribution < -0.4 is 11.2 Å². The maximum atomic E-state index is 11.9. The molecule has 0 saturated heterocycles. The molecular formula is C14H20N2O3. The van der Waals surface area contributed by atoms with Gasteiger partial charge in [-0.3, -0.25) is 19.1 Å². The topological polar surface area (TPSA) is 71.9 Å². The quantitative estimate of drug-likeness (QED) is 0.831. The van der Waals surface area contributed by atoms with E-state index in [1.807, 2.05) is 0 Å². The predicted molar refractivity (Wildman–Crippen MR) is 72.7 cm³/mol. The highest BCUT2D eigenvalue weighted by atomic mass is 16.2. The first-order valence-corrected chi connectivity index (χ1v) is 6.96. The smallest absolute Gasteiger partial charge is 0.297 e. The molecule has 104 valence electrons. The lowest BCUT2D eigenvalue weighted by Crippen LogP contribution is -2.35. The average Bonchev–Trinajstić information content (AvgIpc) is 2.29. The van der Waals surface area contributed by atoms with Gasteiger partial charge in [0.25, 0.3) is 5.56 Å². The third-order valence-corrected chi connectivity index (χ3v) is 3.82. The molecule has 0 amide bonds. The number of Topliss-reactive ketones (excluding diaryl/α,β-unsaturated/α-hetero) is 1. The van der Waals surface area contributed by atoms with Gasteiger partial charge in [0, 0.05) is 12.2 Å². The molecule has 0 unspecified atom stereocenters. The molecule has 0 radical (unpaired) electrons. The van der Waals surface area contributed by atoms with E-state index < -0.39 is 11.2 Å². The molecule has 1 aromatic heterocycles. The molecule has 1 fully saturated rings. The molecule has 1 aromatic rings. The van der Waals surface area contributed by atoms with Crippen molar-refractivity contribution in [3.05, 3.63) is 32.6 Å². The van der Waals surface area contributed by atoms with E-state index in [9.17, 15) is 14.4 Å². The van der Waals surface area contributed by atoms with Crippen molar-refractivity contribution in [2.45, 2.75) is 57.9 Å². The second kappa shape index (κ2) is 5.99. The van der Waals surface area contributed by atoms with E-state index in [0.29, 0.717) is 0 Å². The van der Waals surface area contributed by atoms with Gasteiger partial charge >= 0.3 is 5.69 Å². The summed E-state index contributed by atoms with van der Waals surface area (Å²) in [4.78, 5) is 37.1. The summed E-state index contributed by atoms with van der Waals surface area (Å²) in [5.74, 6) is -0.305. The number of rotatable bonds is 2. The Morgan fingerprint density at radius 1 is 1.16 bits per heavy atom. The van der Waals surface area contributed by atoms with Gasteiger partial charge < -0.3 is 0 Å². The number of ketones is 1. The maximum absolute atomic E-state index is 11.9. The van der Waals surface area contributed by atoms with Gasteiger partial charge in [-0.25, -0.2) is 4.79 Å². The highest BCUT2D eigenvalue weighted by Gasteiger charge is 2.17. The third-order valence-electron chi connectivity index (χ3n) is 3.82. The molecule has 0 aliphatic heterocycles. The molecule has 0 aromatic carbocycles. The standard InChI is InChI=1S/C14H20N2O3/c1-10(17)12-9-16(14(19)15-13(12)18)11-7-5-3-2-4-6-8-11/h9,11H,2-8H2,1H3,(H,15,18,19). The monoisotopic (exact) mass is 264 g/mol. The number of hydrogen-bond donors (Lipinski definition) is 1. The Kier molecular flexibility index (Phi) is 4.35. The van der Waals surface area contributed by atoms with Crippen molar-refractivity contribution in [1.29, 1.82) is 0 Å². The van der Waals surface area contributed by atoms with Crippen LogP contribution in [-0.4, -0.2) is 15.3 Å². The van der Waals surface area contributed by atoms with Crippen LogP contribution in [0.4, 0.5) is 0 Å². The van der Waals surface area contributed by atoms with Gasteiger partial charge in [-0.05, 0) is 19.8 Å². The van der Waals surface area contributed by atoms with Crippen LogP contribution >= 0.6 is 0 Å². The summed E-state index contributed by atoms with van der Waals surface area (Å²) in [7, 11) is 0. The Morgan fingerprint density at radius 2 is 1.74 bits per heavy atom. The van der Waals surface area contributed by atoms with E-state index >= 15 is 0 Å². The minimum atomic E-state index is -0.584. The van der Waals surface area contributed by atoms with Crippen LogP contribution in [0, 0.1) is 0 Å². The number of hydrogen-bond acceptors (Lipinski definition) is 3. The van der Waals surface area contributed by atoms with Gasteiger partial charge in [0.1, 0.15) is 0 Å². The van der Waals surface area contributed by atoms with Crippen molar-refractivity contribution in [2.75, 3.05) is 0 Å². The van der Waals surface area contributed by atoms with Gasteiger partial charge in [0.2, 0.25) is 0 Å². The van der Waals surface area contributed by atoms with Gasteiger partial charge in [0.05, 0.1) is 5.56 Å². The van der Waals surface area contributed by atoms with Gasteiger partial charge in [-0.2, -0.15) is 0 Å². The molecule has 0 bridgehead atoms. The van der Waals surface area contributed by atoms with E-state index in [-0.39, 0.29) is 17.4 Å². The van der Waals surface area contributed by atoms with Crippen LogP contribution in [0.2, 0.25) is 0 Å². The summed E-state index contributed by atoms with van der Waals surface area (Å²) in [6, 6.07) is 0.0998. The van der Waals surface area contributed by atoms with Crippen molar-refractivity contribution in [2.24, 2.45) is 0 Å². The van der Waals surface area contributed by atoms with E-state index in [4.69, 9.17) is 0 Å². The lowest BCUT2D eigenvalue weighted by atomic mass is 9.96. The van der Waals surface area contributed by atoms with Crippen LogP contribution in [0.5, 0.6) is 0 Å². The lowest BCUT2D eigenvalue weighted by molar-refractivity contribution is 0.101. The summed E-state index contributed by atoms with van der Waals surface area (Å²) >= 11 is 0. The lowest BCUT2D eigenvalue weighted by Gasteiger charge is -2.22. The minimum Gasteiger partial charge on any atom is -0.297 e. The van der Waals surface area contributed by atoms with Gasteiger partial charge in [0.15, 0.2) is 5.78 Å². The van der Waals surface area contributed by atoms with E-state index in [2.05, 4.69) is 4.98 Å². The summed E-state index contributed by atoms with van der Waals surface area (Å²) in [6.45, 7) is 1.34. The molecule has 2 rings (SSSR count). The summed E-state index contributed by atoms with van der Waals surface area (Å²) in [5.41, 5.74) is -0.915. The Bertz CT molecular complexity index is 563. The molecule has 1 saturated carbocycles. The number of carbonyl (C=O) groups is 1. The summed E-state index contributed by atoms with van der Waals surface area (Å²) < 4.78 is 1.55. The van der Waals surface area contributed by atoms with Crippen LogP contribution in [0.3, 0.4) is 0 Å². The van der Waals surface area contributed by atoms with E-state index in [1.165, 1.54) is 32.4 Å². The highest BCUT2D eigenvalue weighted by molar-refractivity contribution is 5.93. The number of aromatic nitrogens is 2. The molecule has 1 aliphatic rings. The maximum Gasteiger partial charge on any atom is 0.328 e. The Hall–Kier alpha value is -1.65. The number of aromatic amines is 1. The first kappa shape index (κ1) is 13.8. The summed E-state index contributed by atoms with van der Waals surface area (Å²) in [6.07, 6.45) is 9.12. The zero-order valence-corrected chi connectivity index (χ0v) is 11.3. The van der Waals surface area contributed by atoms with Crippen LogP contribution in [-0.2, 0) is 0 Å². The number of nitrogens with one attached hydrogen (secondary N) is 1. The van der Waals surface area contributed by atoms with Crippen molar-refractivity contribution < 1.29 is 4.79 Å². The molecular weight excluding hydrogens is 244 g/mol. The Labute approximate surface area is 111 Å². The number of nitrogens with zero attached hydrogens (tertiary/aromatic N) is 1. The first-order chi connectivity index (χ1) is 9.09. The van der Waals surface area contributed by atoms with Gasteiger partial charge in [-0.1, -0.05) is 32.1 Å². The van der Waals surface area contributed by atoms with Crippen molar-refractivity contribution >= 4 is 5.78 Å². The minimum absolute atomic E-state index is 0.0710. The number of H-pyrrole nitrogens is 1. The fourth-order valence-electron chi connectivity index (χ4n) is 2.72. The van der Waals surface area contributed by atoms with Crippen LogP contribution in [0.15, 0.2) is 15.8 Å². The third kappa shape index (κ3) is 3.22. The second-order valence-electron chi connectivity index (χ2n) is 5.26. The van der Waals surface area contributed by atoms with Crippen LogP contribution in [0.1, 0.15) is 68.3 Å². The zero-order chi connectivity index (χ0) is 13.8. The largest absolute Gasteiger partial charge is 0.328 e. The van der Waals surface area contributed by atoms with Crippen LogP contribution in [0.25, 0.3) is 0 Å². The molecule has 1 heterocycles. The SMILES string of the molecule is CC(=O)c1cn(C2CCCCCCC2)c(=O)[nH]c1=O. The Balaban J connectivity index is 2.37. The molecule has 1 N–H and O–H groups in total. The highest BCUT2D eigenvalue weighted by Crippen LogP contribution is 2.25. The van der Waals surface area contributed by atoms with Gasteiger partial charge in [-0.15, -0.1) is 0 Å². The molecule has 0 atom stereocenters. The molecule has 5 nitrogen and oxygen atoms in total. The normalized spacial score (nSPS) is 17.7. The number of carbonyl (C=O) groups excluding carboxylic acids is 1. The van der Waals surface area contributed by atoms with Crippen molar-refractivity contribution in [3.63, 3.8) is 0 Å². The first-order valence-electron chi connectivity index (χ1n) is 6.96. The predicted octanol–water partition coefficient (Wildman–Crippen LogP) is 2.02. The molecule has 0 spiro atoms. The summed E-state index contributed by atoms with van der Waals surface area (Å²) in [5, 5.41) is 0. The fourth-order valence-corrected chi connectivity index (χ4v) is 2.72. The van der Waals surface area contributed by atoms with E-state index in [1.54, 1.807) is 4.57 Å². The van der Waals surface area contributed by atoms with Crippen molar-refractivity contribution in [1.82, 2.24) is 9.55 Å². The van der Waals surface area contributed by atoms with Crippen molar-refractivity contribution in [3.8, 4) is 0 Å². The van der Waals surface area contributed by atoms with E-state index in [0.717, 1.165) is 25.7 Å². The fraction of sp³-hybridized carbons (Fsp3) is 0.643.